The molecule has 0 aromatic carbocycles. The predicted octanol–water partition coefficient (Wildman–Crippen LogP) is 2.79. The fourth-order valence-corrected chi connectivity index (χ4v) is 4.97. The van der Waals surface area contributed by atoms with Crippen LogP contribution in [0.5, 0.6) is 0 Å². The van der Waals surface area contributed by atoms with Gasteiger partial charge in [-0.3, -0.25) is 9.69 Å². The Bertz CT molecular complexity index is 527. The van der Waals surface area contributed by atoms with Crippen LogP contribution in [0.4, 0.5) is 0 Å². The summed E-state index contributed by atoms with van der Waals surface area (Å²) in [6.07, 6.45) is 6.86. The van der Waals surface area contributed by atoms with Crippen LogP contribution in [-0.2, 0) is 16.1 Å². The molecule has 0 unspecified atom stereocenters. The summed E-state index contributed by atoms with van der Waals surface area (Å²) in [5.74, 6) is 0.698. The Morgan fingerprint density at radius 1 is 1.35 bits per heavy atom. The number of carbonyl (C=O) groups is 1. The van der Waals surface area contributed by atoms with E-state index in [1.807, 2.05) is 0 Å². The van der Waals surface area contributed by atoms with E-state index in [1.54, 1.807) is 11.3 Å². The molecule has 2 aliphatic heterocycles. The molecule has 1 amide bonds. The van der Waals surface area contributed by atoms with Gasteiger partial charge in [-0.15, -0.1) is 0 Å². The van der Waals surface area contributed by atoms with Crippen LogP contribution >= 0.6 is 11.3 Å². The van der Waals surface area contributed by atoms with E-state index >= 15 is 0 Å². The molecule has 4 nitrogen and oxygen atoms in total. The number of piperidine rings is 1. The van der Waals surface area contributed by atoms with Gasteiger partial charge >= 0.3 is 0 Å². The summed E-state index contributed by atoms with van der Waals surface area (Å²) >= 11 is 1.76. The van der Waals surface area contributed by atoms with Crippen molar-refractivity contribution in [3.63, 3.8) is 0 Å². The van der Waals surface area contributed by atoms with Crippen LogP contribution in [0.1, 0.15) is 44.1 Å². The summed E-state index contributed by atoms with van der Waals surface area (Å²) in [5.41, 5.74) is 1.39. The zero-order valence-electron chi connectivity index (χ0n) is 13.6. The molecule has 126 valence electrons. The molecule has 0 bridgehead atoms. The standard InChI is InChI=1S/C18H26N2O2S/c21-18(19-15-3-1-2-4-15)16-9-14-5-7-20(11-17(14)22-16)10-13-6-8-23-12-13/h6,8,12,14-17H,1-5,7,9-11H2,(H,19,21)/t14-,16+,17-/m1/s1. The Balaban J connectivity index is 1.29. The monoisotopic (exact) mass is 334 g/mol. The lowest BCUT2D eigenvalue weighted by atomic mass is 9.91. The number of nitrogens with one attached hydrogen (secondary N) is 1. The lowest BCUT2D eigenvalue weighted by Crippen LogP contribution is -2.42. The zero-order chi connectivity index (χ0) is 15.6. The van der Waals surface area contributed by atoms with Gasteiger partial charge in [-0.05, 0) is 60.5 Å². The highest BCUT2D eigenvalue weighted by atomic mass is 32.1. The largest absolute Gasteiger partial charge is 0.364 e. The van der Waals surface area contributed by atoms with Crippen LogP contribution in [0, 0.1) is 5.92 Å². The first-order valence-electron chi connectivity index (χ1n) is 8.97. The minimum atomic E-state index is -0.216. The van der Waals surface area contributed by atoms with Crippen molar-refractivity contribution in [3.8, 4) is 0 Å². The summed E-state index contributed by atoms with van der Waals surface area (Å²) < 4.78 is 6.14. The van der Waals surface area contributed by atoms with Crippen LogP contribution in [0.2, 0.25) is 0 Å². The highest BCUT2D eigenvalue weighted by Gasteiger charge is 2.42. The Morgan fingerprint density at radius 3 is 3.00 bits per heavy atom. The maximum Gasteiger partial charge on any atom is 0.249 e. The van der Waals surface area contributed by atoms with E-state index < -0.39 is 0 Å². The molecule has 1 aliphatic carbocycles. The number of hydrogen-bond donors (Lipinski definition) is 1. The van der Waals surface area contributed by atoms with Crippen molar-refractivity contribution < 1.29 is 9.53 Å². The highest BCUT2D eigenvalue weighted by molar-refractivity contribution is 7.07. The first-order chi connectivity index (χ1) is 11.3. The van der Waals surface area contributed by atoms with Crippen LogP contribution in [0.3, 0.4) is 0 Å². The molecule has 3 aliphatic rings. The molecule has 3 atom stereocenters. The van der Waals surface area contributed by atoms with Gasteiger partial charge in [0.2, 0.25) is 5.91 Å². The maximum atomic E-state index is 12.4. The SMILES string of the molecule is O=C(NC1CCCC1)[C@@H]1C[C@H]2CCN(Cc3ccsc3)C[C@H]2O1. The fraction of sp³-hybridized carbons (Fsp3) is 0.722. The van der Waals surface area contributed by atoms with Crippen LogP contribution in [-0.4, -0.2) is 42.1 Å². The summed E-state index contributed by atoms with van der Waals surface area (Å²) in [4.78, 5) is 14.9. The van der Waals surface area contributed by atoms with Gasteiger partial charge in [0.25, 0.3) is 0 Å². The van der Waals surface area contributed by atoms with Gasteiger partial charge in [-0.1, -0.05) is 12.8 Å². The maximum absolute atomic E-state index is 12.4. The molecular formula is C18H26N2O2S. The molecule has 4 rings (SSSR count). The average Bonchev–Trinajstić information content (AvgIpc) is 3.27. The van der Waals surface area contributed by atoms with Gasteiger partial charge in [-0.2, -0.15) is 11.3 Å². The van der Waals surface area contributed by atoms with E-state index in [1.165, 1.54) is 18.4 Å². The number of hydrogen-bond acceptors (Lipinski definition) is 4. The Labute approximate surface area is 142 Å². The van der Waals surface area contributed by atoms with Crippen molar-refractivity contribution >= 4 is 17.2 Å². The Morgan fingerprint density at radius 2 is 2.22 bits per heavy atom. The number of ether oxygens (including phenoxy) is 1. The van der Waals surface area contributed by atoms with Crippen molar-refractivity contribution in [2.24, 2.45) is 5.92 Å². The number of likely N-dealkylation sites (tertiary alicyclic amines) is 1. The molecule has 2 saturated heterocycles. The molecule has 1 N–H and O–H groups in total. The molecule has 0 spiro atoms. The summed E-state index contributed by atoms with van der Waals surface area (Å²) in [6, 6.07) is 2.59. The molecule has 5 heteroatoms. The van der Waals surface area contributed by atoms with Crippen molar-refractivity contribution in [2.45, 2.75) is 63.3 Å². The first-order valence-corrected chi connectivity index (χ1v) is 9.91. The van der Waals surface area contributed by atoms with Gasteiger partial charge in [-0.25, -0.2) is 0 Å². The van der Waals surface area contributed by atoms with Gasteiger partial charge < -0.3 is 10.1 Å². The Hall–Kier alpha value is -0.910. The smallest absolute Gasteiger partial charge is 0.249 e. The average molecular weight is 334 g/mol. The molecule has 1 aromatic rings. The van der Waals surface area contributed by atoms with Gasteiger partial charge in [0.1, 0.15) is 6.10 Å². The number of carbonyl (C=O) groups excluding carboxylic acids is 1. The Kier molecular flexibility index (Phi) is 4.69. The molecular weight excluding hydrogens is 308 g/mol. The predicted molar refractivity (Wildman–Crippen MR) is 91.4 cm³/mol. The minimum absolute atomic E-state index is 0.135. The van der Waals surface area contributed by atoms with Crippen molar-refractivity contribution in [3.05, 3.63) is 22.4 Å². The van der Waals surface area contributed by atoms with Crippen molar-refractivity contribution in [1.82, 2.24) is 10.2 Å². The van der Waals surface area contributed by atoms with E-state index in [0.29, 0.717) is 12.0 Å². The number of amides is 1. The van der Waals surface area contributed by atoms with Crippen LogP contribution in [0.15, 0.2) is 16.8 Å². The van der Waals surface area contributed by atoms with E-state index in [-0.39, 0.29) is 18.1 Å². The third-order valence-electron chi connectivity index (χ3n) is 5.62. The molecule has 1 saturated carbocycles. The number of rotatable bonds is 4. The van der Waals surface area contributed by atoms with Crippen molar-refractivity contribution in [1.29, 1.82) is 0 Å². The zero-order valence-corrected chi connectivity index (χ0v) is 14.4. The lowest BCUT2D eigenvalue weighted by Gasteiger charge is -2.33. The highest BCUT2D eigenvalue weighted by Crippen LogP contribution is 2.34. The van der Waals surface area contributed by atoms with E-state index in [0.717, 1.165) is 45.3 Å². The van der Waals surface area contributed by atoms with E-state index in [2.05, 4.69) is 27.0 Å². The summed E-state index contributed by atoms with van der Waals surface area (Å²) in [5, 5.41) is 7.56. The summed E-state index contributed by atoms with van der Waals surface area (Å²) in [7, 11) is 0. The van der Waals surface area contributed by atoms with E-state index in [9.17, 15) is 4.79 Å². The van der Waals surface area contributed by atoms with Crippen LogP contribution < -0.4 is 5.32 Å². The van der Waals surface area contributed by atoms with Crippen LogP contribution in [0.25, 0.3) is 0 Å². The van der Waals surface area contributed by atoms with Gasteiger partial charge in [0.15, 0.2) is 0 Å². The van der Waals surface area contributed by atoms with Gasteiger partial charge in [0.05, 0.1) is 6.10 Å². The normalized spacial score (nSPS) is 32.1. The number of nitrogens with zero attached hydrogens (tertiary/aromatic N) is 1. The van der Waals surface area contributed by atoms with Crippen molar-refractivity contribution in [2.75, 3.05) is 13.1 Å². The second-order valence-corrected chi connectivity index (χ2v) is 8.08. The quantitative estimate of drug-likeness (QED) is 0.920. The number of thiophene rings is 1. The summed E-state index contributed by atoms with van der Waals surface area (Å²) in [6.45, 7) is 3.10. The first kappa shape index (κ1) is 15.6. The minimum Gasteiger partial charge on any atom is -0.364 e. The molecule has 1 aromatic heterocycles. The number of fused-ring (bicyclic) bond motifs is 1. The second-order valence-electron chi connectivity index (χ2n) is 7.30. The second kappa shape index (κ2) is 6.91. The third-order valence-corrected chi connectivity index (χ3v) is 6.35. The van der Waals surface area contributed by atoms with E-state index in [4.69, 9.17) is 4.74 Å². The fourth-order valence-electron chi connectivity index (χ4n) is 4.31. The molecule has 0 radical (unpaired) electrons. The third kappa shape index (κ3) is 3.62. The molecule has 3 heterocycles. The lowest BCUT2D eigenvalue weighted by molar-refractivity contribution is -0.133. The molecule has 23 heavy (non-hydrogen) atoms. The topological polar surface area (TPSA) is 41.6 Å². The molecule has 3 fully saturated rings. The van der Waals surface area contributed by atoms with Gasteiger partial charge in [0, 0.05) is 19.1 Å².